The molecule has 1 fully saturated rings. The third-order valence-electron chi connectivity index (χ3n) is 5.40. The van der Waals surface area contributed by atoms with Crippen LogP contribution in [0.3, 0.4) is 0 Å². The highest BCUT2D eigenvalue weighted by atomic mass is 16.5. The van der Waals surface area contributed by atoms with Gasteiger partial charge in [0, 0.05) is 24.1 Å². The molecule has 0 spiro atoms. The third kappa shape index (κ3) is 2.33. The number of amides is 1. The molecule has 4 nitrogen and oxygen atoms in total. The van der Waals surface area contributed by atoms with Gasteiger partial charge in [0.1, 0.15) is 5.75 Å². The first-order valence-corrected chi connectivity index (χ1v) is 8.51. The van der Waals surface area contributed by atoms with Crippen LogP contribution in [0.15, 0.2) is 42.5 Å². The Bertz CT molecular complexity index is 787. The van der Waals surface area contributed by atoms with Crippen molar-refractivity contribution in [1.29, 1.82) is 0 Å². The summed E-state index contributed by atoms with van der Waals surface area (Å²) in [6.07, 6.45) is 3.17. The van der Waals surface area contributed by atoms with Gasteiger partial charge in [-0.3, -0.25) is 4.79 Å². The number of hydrogen-bond acceptors (Lipinski definition) is 3. The minimum Gasteiger partial charge on any atom is -0.495 e. The maximum atomic E-state index is 13.1. The lowest BCUT2D eigenvalue weighted by molar-refractivity contribution is 0.0595. The Morgan fingerprint density at radius 1 is 1.25 bits per heavy atom. The maximum absolute atomic E-state index is 13.1. The van der Waals surface area contributed by atoms with Crippen molar-refractivity contribution in [2.75, 3.05) is 19.4 Å². The van der Waals surface area contributed by atoms with E-state index in [4.69, 9.17) is 10.5 Å². The molecular formula is C20H22N2O2. The van der Waals surface area contributed by atoms with E-state index in [1.807, 2.05) is 6.07 Å². The molecule has 4 heteroatoms. The van der Waals surface area contributed by atoms with Crippen LogP contribution in [0, 0.1) is 0 Å². The van der Waals surface area contributed by atoms with E-state index in [9.17, 15) is 4.79 Å². The monoisotopic (exact) mass is 322 g/mol. The van der Waals surface area contributed by atoms with Crippen molar-refractivity contribution in [3.8, 4) is 5.75 Å². The van der Waals surface area contributed by atoms with E-state index in [0.29, 0.717) is 22.9 Å². The lowest BCUT2D eigenvalue weighted by Crippen LogP contribution is -2.46. The molecule has 0 radical (unpaired) electrons. The van der Waals surface area contributed by atoms with Crippen LogP contribution >= 0.6 is 0 Å². The van der Waals surface area contributed by atoms with Gasteiger partial charge in [-0.05, 0) is 48.6 Å². The maximum Gasteiger partial charge on any atom is 0.254 e. The molecule has 2 aliphatic rings. The molecule has 2 atom stereocenters. The molecule has 124 valence electrons. The molecular weight excluding hydrogens is 300 g/mol. The number of rotatable bonds is 2. The molecule has 2 unspecified atom stereocenters. The summed E-state index contributed by atoms with van der Waals surface area (Å²) in [5, 5.41) is 0. The second-order valence-electron chi connectivity index (χ2n) is 6.67. The van der Waals surface area contributed by atoms with E-state index < -0.39 is 0 Å². The Balaban J connectivity index is 1.63. The molecule has 1 aliphatic carbocycles. The predicted molar refractivity (Wildman–Crippen MR) is 94.4 cm³/mol. The van der Waals surface area contributed by atoms with Gasteiger partial charge in [0.15, 0.2) is 0 Å². The molecule has 0 saturated carbocycles. The molecule has 2 aromatic carbocycles. The fourth-order valence-electron chi connectivity index (χ4n) is 4.26. The molecule has 4 rings (SSSR count). The standard InChI is InChI=1S/C20H22N2O2/c1-24-19-9-8-14(11-17(19)21)20(23)22-10-4-7-16-15-6-3-2-5-13(15)12-18(16)22/h2-3,5-6,8-9,11,16,18H,4,7,10,12,21H2,1H3. The van der Waals surface area contributed by atoms with E-state index in [2.05, 4.69) is 29.2 Å². The number of piperidine rings is 1. The lowest BCUT2D eigenvalue weighted by atomic mass is 9.88. The Labute approximate surface area is 142 Å². The molecule has 1 amide bonds. The highest BCUT2D eigenvalue weighted by Gasteiger charge is 2.40. The highest BCUT2D eigenvalue weighted by Crippen LogP contribution is 2.42. The first-order valence-electron chi connectivity index (χ1n) is 8.51. The Kier molecular flexibility index (Phi) is 3.68. The largest absolute Gasteiger partial charge is 0.495 e. The molecule has 1 heterocycles. The van der Waals surface area contributed by atoms with Crippen LogP contribution in [0.2, 0.25) is 0 Å². The highest BCUT2D eigenvalue weighted by molar-refractivity contribution is 5.96. The van der Waals surface area contributed by atoms with Crippen molar-refractivity contribution >= 4 is 11.6 Å². The lowest BCUT2D eigenvalue weighted by Gasteiger charge is -2.38. The van der Waals surface area contributed by atoms with Gasteiger partial charge in [0.2, 0.25) is 0 Å². The quantitative estimate of drug-likeness (QED) is 0.864. The minimum absolute atomic E-state index is 0.0758. The molecule has 1 saturated heterocycles. The summed E-state index contributed by atoms with van der Waals surface area (Å²) in [7, 11) is 1.58. The smallest absolute Gasteiger partial charge is 0.254 e. The van der Waals surface area contributed by atoms with Crippen molar-refractivity contribution in [2.45, 2.75) is 31.2 Å². The van der Waals surface area contributed by atoms with Gasteiger partial charge in [-0.15, -0.1) is 0 Å². The number of carbonyl (C=O) groups excluding carboxylic acids is 1. The fourth-order valence-corrected chi connectivity index (χ4v) is 4.26. The van der Waals surface area contributed by atoms with Gasteiger partial charge < -0.3 is 15.4 Å². The minimum atomic E-state index is 0.0758. The summed E-state index contributed by atoms with van der Waals surface area (Å²) < 4.78 is 5.19. The van der Waals surface area contributed by atoms with Gasteiger partial charge in [-0.1, -0.05) is 24.3 Å². The van der Waals surface area contributed by atoms with Gasteiger partial charge in [0.25, 0.3) is 5.91 Å². The number of ether oxygens (including phenoxy) is 1. The summed E-state index contributed by atoms with van der Waals surface area (Å²) in [6.45, 7) is 0.819. The summed E-state index contributed by atoms with van der Waals surface area (Å²) in [5.41, 5.74) is 9.94. The zero-order valence-corrected chi connectivity index (χ0v) is 13.9. The van der Waals surface area contributed by atoms with Crippen molar-refractivity contribution < 1.29 is 9.53 Å². The van der Waals surface area contributed by atoms with E-state index >= 15 is 0 Å². The van der Waals surface area contributed by atoms with Crippen LogP contribution in [0.5, 0.6) is 5.75 Å². The van der Waals surface area contributed by atoms with Crippen LogP contribution in [0.4, 0.5) is 5.69 Å². The number of likely N-dealkylation sites (tertiary alicyclic amines) is 1. The van der Waals surface area contributed by atoms with Crippen molar-refractivity contribution in [1.82, 2.24) is 4.90 Å². The number of anilines is 1. The van der Waals surface area contributed by atoms with Crippen LogP contribution in [0.25, 0.3) is 0 Å². The van der Waals surface area contributed by atoms with Crippen LogP contribution in [0.1, 0.15) is 40.2 Å². The molecule has 0 bridgehead atoms. The van der Waals surface area contributed by atoms with Crippen LogP contribution in [-0.4, -0.2) is 30.5 Å². The Morgan fingerprint density at radius 2 is 2.08 bits per heavy atom. The van der Waals surface area contributed by atoms with Gasteiger partial charge in [-0.2, -0.15) is 0 Å². The molecule has 2 aromatic rings. The fraction of sp³-hybridized carbons (Fsp3) is 0.350. The first kappa shape index (κ1) is 15.1. The van der Waals surface area contributed by atoms with Crippen molar-refractivity contribution in [3.05, 3.63) is 59.2 Å². The summed E-state index contributed by atoms with van der Waals surface area (Å²) in [6, 6.07) is 14.2. The van der Waals surface area contributed by atoms with Crippen LogP contribution < -0.4 is 10.5 Å². The number of benzene rings is 2. The summed E-state index contributed by atoms with van der Waals surface area (Å²) in [5.74, 6) is 1.15. The summed E-state index contributed by atoms with van der Waals surface area (Å²) in [4.78, 5) is 15.1. The number of fused-ring (bicyclic) bond motifs is 3. The van der Waals surface area contributed by atoms with E-state index in [-0.39, 0.29) is 11.9 Å². The van der Waals surface area contributed by atoms with E-state index in [0.717, 1.165) is 25.8 Å². The second-order valence-corrected chi connectivity index (χ2v) is 6.67. The van der Waals surface area contributed by atoms with Crippen LogP contribution in [-0.2, 0) is 6.42 Å². The first-order chi connectivity index (χ1) is 11.7. The third-order valence-corrected chi connectivity index (χ3v) is 5.40. The normalized spacial score (nSPS) is 22.0. The Morgan fingerprint density at radius 3 is 2.88 bits per heavy atom. The zero-order chi connectivity index (χ0) is 16.7. The number of hydrogen-bond donors (Lipinski definition) is 1. The number of methoxy groups -OCH3 is 1. The average Bonchev–Trinajstić information content (AvgIpc) is 2.99. The molecule has 24 heavy (non-hydrogen) atoms. The van der Waals surface area contributed by atoms with Gasteiger partial charge >= 0.3 is 0 Å². The average molecular weight is 322 g/mol. The summed E-state index contributed by atoms with van der Waals surface area (Å²) >= 11 is 0. The number of nitrogens with two attached hydrogens (primary N) is 1. The SMILES string of the molecule is COc1ccc(C(=O)N2CCCC3c4ccccc4CC32)cc1N. The topological polar surface area (TPSA) is 55.6 Å². The number of carbonyl (C=O) groups is 1. The Hall–Kier alpha value is -2.49. The second kappa shape index (κ2) is 5.86. The molecule has 2 N–H and O–H groups in total. The van der Waals surface area contributed by atoms with Crippen molar-refractivity contribution in [2.24, 2.45) is 0 Å². The van der Waals surface area contributed by atoms with Gasteiger partial charge in [0.05, 0.1) is 12.8 Å². The predicted octanol–water partition coefficient (Wildman–Crippen LogP) is 3.22. The van der Waals surface area contributed by atoms with E-state index in [1.54, 1.807) is 19.2 Å². The molecule has 1 aliphatic heterocycles. The van der Waals surface area contributed by atoms with E-state index in [1.165, 1.54) is 11.1 Å². The number of nitrogens with zero attached hydrogens (tertiary/aromatic N) is 1. The van der Waals surface area contributed by atoms with Crippen molar-refractivity contribution in [3.63, 3.8) is 0 Å². The van der Waals surface area contributed by atoms with Gasteiger partial charge in [-0.25, -0.2) is 0 Å². The molecule has 0 aromatic heterocycles. The number of nitrogen functional groups attached to an aromatic ring is 1. The zero-order valence-electron chi connectivity index (χ0n) is 13.9.